The first kappa shape index (κ1) is 13.4. The molecule has 2 rings (SSSR count). The highest BCUT2D eigenvalue weighted by Gasteiger charge is 2.08. The van der Waals surface area contributed by atoms with E-state index in [0.29, 0.717) is 0 Å². The van der Waals surface area contributed by atoms with Gasteiger partial charge in [0, 0.05) is 26.2 Å². The molecule has 0 unspecified atom stereocenters. The second-order valence-corrected chi connectivity index (χ2v) is 4.90. The molecule has 1 saturated heterocycles. The van der Waals surface area contributed by atoms with Crippen LogP contribution in [0.1, 0.15) is 18.4 Å². The van der Waals surface area contributed by atoms with Gasteiger partial charge in [-0.25, -0.2) is 0 Å². The molecule has 1 aliphatic heterocycles. The minimum atomic E-state index is 0.967. The van der Waals surface area contributed by atoms with Crippen LogP contribution < -0.4 is 10.1 Å². The smallest absolute Gasteiger partial charge is 0.119 e. The van der Waals surface area contributed by atoms with Gasteiger partial charge in [-0.3, -0.25) is 0 Å². The summed E-state index contributed by atoms with van der Waals surface area (Å²) in [6.45, 7) is 5.95. The van der Waals surface area contributed by atoms with Crippen molar-refractivity contribution < 1.29 is 4.74 Å². The topological polar surface area (TPSA) is 24.5 Å². The zero-order valence-electron chi connectivity index (χ0n) is 11.3. The Bertz CT molecular complexity index is 348. The number of nitrogens with zero attached hydrogens (tertiary/aromatic N) is 1. The summed E-state index contributed by atoms with van der Waals surface area (Å²) in [6, 6.07) is 8.41. The maximum absolute atomic E-state index is 5.24. The molecular formula is C15H24N2O. The number of unbranched alkanes of at least 4 members (excludes halogenated alkanes) is 1. The van der Waals surface area contributed by atoms with Gasteiger partial charge in [-0.05, 0) is 43.5 Å². The first-order chi connectivity index (χ1) is 8.88. The van der Waals surface area contributed by atoms with E-state index in [4.69, 9.17) is 4.74 Å². The highest BCUT2D eigenvalue weighted by Crippen LogP contribution is 2.14. The molecule has 0 aromatic heterocycles. The van der Waals surface area contributed by atoms with Crippen molar-refractivity contribution in [2.24, 2.45) is 0 Å². The molecule has 1 fully saturated rings. The minimum absolute atomic E-state index is 0.967. The van der Waals surface area contributed by atoms with Gasteiger partial charge in [0.05, 0.1) is 7.11 Å². The lowest BCUT2D eigenvalue weighted by Gasteiger charge is -2.27. The summed E-state index contributed by atoms with van der Waals surface area (Å²) in [4.78, 5) is 2.56. The Morgan fingerprint density at radius 2 is 2.06 bits per heavy atom. The van der Waals surface area contributed by atoms with Crippen LogP contribution >= 0.6 is 0 Å². The molecule has 1 heterocycles. The number of aryl methyl sites for hydroxylation is 1. The fraction of sp³-hybridized carbons (Fsp3) is 0.600. The van der Waals surface area contributed by atoms with Gasteiger partial charge in [0.1, 0.15) is 5.75 Å². The van der Waals surface area contributed by atoms with E-state index >= 15 is 0 Å². The monoisotopic (exact) mass is 248 g/mol. The molecule has 0 amide bonds. The van der Waals surface area contributed by atoms with Crippen LogP contribution in [0.15, 0.2) is 24.3 Å². The third-order valence-electron chi connectivity index (χ3n) is 3.53. The summed E-state index contributed by atoms with van der Waals surface area (Å²) in [5.41, 5.74) is 1.38. The van der Waals surface area contributed by atoms with Crippen molar-refractivity contribution in [3.8, 4) is 5.75 Å². The van der Waals surface area contributed by atoms with E-state index in [0.717, 1.165) is 25.3 Å². The van der Waals surface area contributed by atoms with Gasteiger partial charge in [0.25, 0.3) is 0 Å². The molecule has 0 radical (unpaired) electrons. The molecule has 0 atom stereocenters. The largest absolute Gasteiger partial charge is 0.497 e. The molecule has 3 heteroatoms. The molecular weight excluding hydrogens is 224 g/mol. The van der Waals surface area contributed by atoms with Crippen LogP contribution in [0.2, 0.25) is 0 Å². The number of piperazine rings is 1. The van der Waals surface area contributed by atoms with Crippen LogP contribution in [0, 0.1) is 0 Å². The van der Waals surface area contributed by atoms with Gasteiger partial charge >= 0.3 is 0 Å². The lowest BCUT2D eigenvalue weighted by Crippen LogP contribution is -2.43. The predicted molar refractivity (Wildman–Crippen MR) is 75.2 cm³/mol. The Balaban J connectivity index is 1.65. The number of rotatable bonds is 6. The Morgan fingerprint density at radius 3 is 2.83 bits per heavy atom. The second-order valence-electron chi connectivity index (χ2n) is 4.90. The average molecular weight is 248 g/mol. The number of methoxy groups -OCH3 is 1. The summed E-state index contributed by atoms with van der Waals surface area (Å²) in [5, 5.41) is 3.39. The van der Waals surface area contributed by atoms with Crippen molar-refractivity contribution in [2.45, 2.75) is 19.3 Å². The molecule has 1 aromatic carbocycles. The average Bonchev–Trinajstić information content (AvgIpc) is 2.45. The number of benzene rings is 1. The van der Waals surface area contributed by atoms with Gasteiger partial charge < -0.3 is 15.0 Å². The molecule has 3 nitrogen and oxygen atoms in total. The van der Waals surface area contributed by atoms with E-state index in [9.17, 15) is 0 Å². The van der Waals surface area contributed by atoms with E-state index in [-0.39, 0.29) is 0 Å². The van der Waals surface area contributed by atoms with Gasteiger partial charge in [-0.2, -0.15) is 0 Å². The summed E-state index contributed by atoms with van der Waals surface area (Å²) in [5.74, 6) is 0.967. The lowest BCUT2D eigenvalue weighted by molar-refractivity contribution is 0.237. The van der Waals surface area contributed by atoms with E-state index < -0.39 is 0 Å². The van der Waals surface area contributed by atoms with E-state index in [2.05, 4.69) is 28.4 Å². The Kier molecular flexibility index (Phi) is 5.49. The quantitative estimate of drug-likeness (QED) is 0.779. The Labute approximate surface area is 110 Å². The molecule has 18 heavy (non-hydrogen) atoms. The van der Waals surface area contributed by atoms with Crippen molar-refractivity contribution in [1.82, 2.24) is 10.2 Å². The zero-order valence-corrected chi connectivity index (χ0v) is 11.3. The summed E-state index contributed by atoms with van der Waals surface area (Å²) in [7, 11) is 1.73. The SMILES string of the molecule is COc1cccc(CCCCN2CCNCC2)c1. The van der Waals surface area contributed by atoms with Crippen molar-refractivity contribution in [3.63, 3.8) is 0 Å². The van der Waals surface area contributed by atoms with E-state index in [1.807, 2.05) is 6.07 Å². The highest BCUT2D eigenvalue weighted by molar-refractivity contribution is 5.28. The third kappa shape index (κ3) is 4.31. The maximum Gasteiger partial charge on any atom is 0.119 e. The number of hydrogen-bond acceptors (Lipinski definition) is 3. The Hall–Kier alpha value is -1.06. The maximum atomic E-state index is 5.24. The second kappa shape index (κ2) is 7.39. The molecule has 0 spiro atoms. The highest BCUT2D eigenvalue weighted by atomic mass is 16.5. The van der Waals surface area contributed by atoms with Crippen LogP contribution in [-0.2, 0) is 6.42 Å². The van der Waals surface area contributed by atoms with Crippen molar-refractivity contribution in [2.75, 3.05) is 39.8 Å². The predicted octanol–water partition coefficient (Wildman–Crippen LogP) is 1.92. The standard InChI is InChI=1S/C15H24N2O/c1-18-15-7-4-6-14(13-15)5-2-3-10-17-11-8-16-9-12-17/h4,6-7,13,16H,2-3,5,8-12H2,1H3. The normalized spacial score (nSPS) is 16.7. The molecule has 0 saturated carbocycles. The first-order valence-corrected chi connectivity index (χ1v) is 6.94. The lowest BCUT2D eigenvalue weighted by atomic mass is 10.1. The third-order valence-corrected chi connectivity index (χ3v) is 3.53. The number of nitrogens with one attached hydrogen (secondary N) is 1. The number of hydrogen-bond donors (Lipinski definition) is 1. The van der Waals surface area contributed by atoms with Crippen molar-refractivity contribution in [3.05, 3.63) is 29.8 Å². The Morgan fingerprint density at radius 1 is 1.22 bits per heavy atom. The van der Waals surface area contributed by atoms with E-state index in [1.165, 1.54) is 38.0 Å². The van der Waals surface area contributed by atoms with Crippen LogP contribution in [0.4, 0.5) is 0 Å². The molecule has 1 N–H and O–H groups in total. The van der Waals surface area contributed by atoms with Gasteiger partial charge in [0.15, 0.2) is 0 Å². The first-order valence-electron chi connectivity index (χ1n) is 6.94. The summed E-state index contributed by atoms with van der Waals surface area (Å²) >= 11 is 0. The molecule has 1 aliphatic rings. The number of ether oxygens (including phenoxy) is 1. The van der Waals surface area contributed by atoms with Crippen LogP contribution in [-0.4, -0.2) is 44.7 Å². The molecule has 0 bridgehead atoms. The summed E-state index contributed by atoms with van der Waals surface area (Å²) in [6.07, 6.45) is 3.71. The van der Waals surface area contributed by atoms with Crippen molar-refractivity contribution >= 4 is 0 Å². The molecule has 100 valence electrons. The fourth-order valence-electron chi connectivity index (χ4n) is 2.43. The molecule has 1 aromatic rings. The van der Waals surface area contributed by atoms with Crippen LogP contribution in [0.25, 0.3) is 0 Å². The van der Waals surface area contributed by atoms with Gasteiger partial charge in [-0.15, -0.1) is 0 Å². The van der Waals surface area contributed by atoms with Crippen LogP contribution in [0.3, 0.4) is 0 Å². The zero-order chi connectivity index (χ0) is 12.6. The summed E-state index contributed by atoms with van der Waals surface area (Å²) < 4.78 is 5.24. The van der Waals surface area contributed by atoms with Gasteiger partial charge in [-0.1, -0.05) is 12.1 Å². The van der Waals surface area contributed by atoms with E-state index in [1.54, 1.807) is 7.11 Å². The van der Waals surface area contributed by atoms with Crippen LogP contribution in [0.5, 0.6) is 5.75 Å². The minimum Gasteiger partial charge on any atom is -0.497 e. The molecule has 0 aliphatic carbocycles. The fourth-order valence-corrected chi connectivity index (χ4v) is 2.43. The van der Waals surface area contributed by atoms with Crippen molar-refractivity contribution in [1.29, 1.82) is 0 Å². The van der Waals surface area contributed by atoms with Gasteiger partial charge in [0.2, 0.25) is 0 Å².